The second kappa shape index (κ2) is 9.22. The number of rotatable bonds is 6. The third-order valence-corrected chi connectivity index (χ3v) is 5.25. The molecule has 0 aliphatic rings. The van der Waals surface area contributed by atoms with Crippen LogP contribution in [0.15, 0.2) is 49.6 Å². The summed E-state index contributed by atoms with van der Waals surface area (Å²) in [6.45, 7) is 4.64. The molecule has 1 unspecified atom stereocenters. The molecule has 32 heavy (non-hydrogen) atoms. The van der Waals surface area contributed by atoms with E-state index in [1.807, 2.05) is 0 Å². The van der Waals surface area contributed by atoms with Crippen LogP contribution >= 0.6 is 11.3 Å². The van der Waals surface area contributed by atoms with Crippen LogP contribution in [0.5, 0.6) is 0 Å². The minimum absolute atomic E-state index is 0.0259. The van der Waals surface area contributed by atoms with E-state index in [4.69, 9.17) is 0 Å². The van der Waals surface area contributed by atoms with Crippen LogP contribution in [-0.4, -0.2) is 26.8 Å². The lowest BCUT2D eigenvalue weighted by Gasteiger charge is -2.18. The van der Waals surface area contributed by atoms with E-state index in [0.717, 1.165) is 6.08 Å². The summed E-state index contributed by atoms with van der Waals surface area (Å²) in [4.78, 5) is 35.0. The first-order chi connectivity index (χ1) is 15.1. The van der Waals surface area contributed by atoms with Gasteiger partial charge in [0.1, 0.15) is 16.5 Å². The van der Waals surface area contributed by atoms with E-state index in [1.165, 1.54) is 25.5 Å². The predicted octanol–water partition coefficient (Wildman–Crippen LogP) is 4.62. The first kappa shape index (κ1) is 23.0. The van der Waals surface area contributed by atoms with Crippen molar-refractivity contribution in [2.45, 2.75) is 19.0 Å². The van der Waals surface area contributed by atoms with Crippen LogP contribution in [0.4, 0.5) is 28.5 Å². The summed E-state index contributed by atoms with van der Waals surface area (Å²) in [7, 11) is 0. The van der Waals surface area contributed by atoms with Crippen molar-refractivity contribution < 1.29 is 27.2 Å². The monoisotopic (exact) mass is 465 g/mol. The summed E-state index contributed by atoms with van der Waals surface area (Å²) >= 11 is 0.235. The zero-order chi connectivity index (χ0) is 23.5. The van der Waals surface area contributed by atoms with Crippen molar-refractivity contribution >= 4 is 34.1 Å². The molecule has 0 fully saturated rings. The molecule has 1 atom stereocenters. The molecule has 7 nitrogen and oxygen atoms in total. The average molecular weight is 465 g/mol. The minimum atomic E-state index is -4.61. The Balaban J connectivity index is 1.98. The molecule has 0 saturated heterocycles. The minimum Gasteiger partial charge on any atom is -0.307 e. The lowest BCUT2D eigenvalue weighted by Crippen LogP contribution is -2.22. The molecule has 0 saturated carbocycles. The molecule has 0 aliphatic heterocycles. The molecule has 2 N–H and O–H groups in total. The van der Waals surface area contributed by atoms with Crippen LogP contribution in [0.1, 0.15) is 23.3 Å². The SMILES string of the molecule is C=CC(=O)Nc1ncc(-c2cccnc2)c(F)c1C(C)C(=O)Nc1ncc(C(F)(F)F)s1. The topological polar surface area (TPSA) is 96.9 Å². The van der Waals surface area contributed by atoms with Gasteiger partial charge < -0.3 is 10.6 Å². The van der Waals surface area contributed by atoms with Crippen molar-refractivity contribution in [3.05, 3.63) is 65.8 Å². The number of halogens is 4. The summed E-state index contributed by atoms with van der Waals surface area (Å²) in [6, 6.07) is 3.16. The number of thiazole rings is 1. The van der Waals surface area contributed by atoms with Crippen molar-refractivity contribution in [2.24, 2.45) is 0 Å². The van der Waals surface area contributed by atoms with Crippen molar-refractivity contribution in [3.63, 3.8) is 0 Å². The maximum absolute atomic E-state index is 15.5. The van der Waals surface area contributed by atoms with Gasteiger partial charge in [0, 0.05) is 35.3 Å². The van der Waals surface area contributed by atoms with Crippen LogP contribution < -0.4 is 10.6 Å². The van der Waals surface area contributed by atoms with Gasteiger partial charge in [0.15, 0.2) is 5.13 Å². The number of nitrogens with one attached hydrogen (secondary N) is 2. The number of amides is 2. The Hall–Kier alpha value is -3.67. The van der Waals surface area contributed by atoms with Gasteiger partial charge in [-0.25, -0.2) is 14.4 Å². The molecule has 12 heteroatoms. The quantitative estimate of drug-likeness (QED) is 0.409. The van der Waals surface area contributed by atoms with Crippen LogP contribution in [0.2, 0.25) is 0 Å². The molecule has 0 aliphatic carbocycles. The Morgan fingerprint density at radius 1 is 1.19 bits per heavy atom. The molecule has 3 aromatic rings. The van der Waals surface area contributed by atoms with Gasteiger partial charge in [-0.3, -0.25) is 14.6 Å². The lowest BCUT2D eigenvalue weighted by molar-refractivity contribution is -0.134. The van der Waals surface area contributed by atoms with Crippen molar-refractivity contribution in [1.29, 1.82) is 0 Å². The highest BCUT2D eigenvalue weighted by Crippen LogP contribution is 2.36. The molecule has 0 bridgehead atoms. The van der Waals surface area contributed by atoms with Gasteiger partial charge >= 0.3 is 6.18 Å². The summed E-state index contributed by atoms with van der Waals surface area (Å²) in [5.41, 5.74) is 0.146. The van der Waals surface area contributed by atoms with Crippen LogP contribution in [0.3, 0.4) is 0 Å². The molecule has 0 aromatic carbocycles. The fourth-order valence-corrected chi connectivity index (χ4v) is 3.38. The highest BCUT2D eigenvalue weighted by Gasteiger charge is 2.34. The maximum Gasteiger partial charge on any atom is 0.427 e. The van der Waals surface area contributed by atoms with E-state index in [2.05, 4.69) is 32.2 Å². The van der Waals surface area contributed by atoms with Gasteiger partial charge in [0.05, 0.1) is 12.1 Å². The van der Waals surface area contributed by atoms with E-state index in [-0.39, 0.29) is 33.4 Å². The molecule has 0 spiro atoms. The number of alkyl halides is 3. The summed E-state index contributed by atoms with van der Waals surface area (Å²) in [6.07, 6.45) is 0.986. The Bertz CT molecular complexity index is 1160. The molecule has 3 rings (SSSR count). The number of carbonyl (C=O) groups excluding carboxylic acids is 2. The fraction of sp³-hybridized carbons (Fsp3) is 0.150. The average Bonchev–Trinajstić information content (AvgIpc) is 3.23. The molecular formula is C20H15F4N5O2S. The second-order valence-corrected chi connectivity index (χ2v) is 7.45. The van der Waals surface area contributed by atoms with Gasteiger partial charge in [0.2, 0.25) is 11.8 Å². The summed E-state index contributed by atoms with van der Waals surface area (Å²) in [5.74, 6) is -3.85. The molecular weight excluding hydrogens is 450 g/mol. The van der Waals surface area contributed by atoms with E-state index in [1.54, 1.807) is 12.1 Å². The first-order valence-corrected chi connectivity index (χ1v) is 9.79. The molecule has 2 amide bonds. The smallest absolute Gasteiger partial charge is 0.307 e. The molecule has 166 valence electrons. The fourth-order valence-electron chi connectivity index (χ4n) is 2.70. The number of anilines is 2. The van der Waals surface area contributed by atoms with Gasteiger partial charge in [-0.15, -0.1) is 0 Å². The van der Waals surface area contributed by atoms with Gasteiger partial charge in [-0.1, -0.05) is 24.0 Å². The number of pyridine rings is 2. The lowest BCUT2D eigenvalue weighted by atomic mass is 9.96. The van der Waals surface area contributed by atoms with E-state index in [9.17, 15) is 22.8 Å². The predicted molar refractivity (Wildman–Crippen MR) is 110 cm³/mol. The van der Waals surface area contributed by atoms with Crippen LogP contribution in [0, 0.1) is 5.82 Å². The molecule has 3 aromatic heterocycles. The number of nitrogens with zero attached hydrogens (tertiary/aromatic N) is 3. The number of aromatic nitrogens is 3. The van der Waals surface area contributed by atoms with E-state index in [0.29, 0.717) is 11.8 Å². The number of carbonyl (C=O) groups is 2. The Morgan fingerprint density at radius 2 is 1.94 bits per heavy atom. The van der Waals surface area contributed by atoms with Crippen molar-refractivity contribution in [1.82, 2.24) is 15.0 Å². The molecule has 3 heterocycles. The van der Waals surface area contributed by atoms with Crippen molar-refractivity contribution in [2.75, 3.05) is 10.6 Å². The zero-order valence-electron chi connectivity index (χ0n) is 16.4. The van der Waals surface area contributed by atoms with Crippen LogP contribution in [-0.2, 0) is 15.8 Å². The third-order valence-electron chi connectivity index (χ3n) is 4.29. The number of hydrogen-bond donors (Lipinski definition) is 2. The summed E-state index contributed by atoms with van der Waals surface area (Å²) < 4.78 is 53.8. The zero-order valence-corrected chi connectivity index (χ0v) is 17.2. The van der Waals surface area contributed by atoms with Crippen molar-refractivity contribution in [3.8, 4) is 11.1 Å². The van der Waals surface area contributed by atoms with Gasteiger partial charge in [-0.05, 0) is 19.1 Å². The third kappa shape index (κ3) is 4.97. The maximum atomic E-state index is 15.5. The summed E-state index contributed by atoms with van der Waals surface area (Å²) in [5, 5.41) is 4.28. The van der Waals surface area contributed by atoms with E-state index >= 15 is 4.39 Å². The van der Waals surface area contributed by atoms with E-state index < -0.39 is 34.6 Å². The molecule has 0 radical (unpaired) electrons. The van der Waals surface area contributed by atoms with Crippen LogP contribution in [0.25, 0.3) is 11.1 Å². The highest BCUT2D eigenvalue weighted by molar-refractivity contribution is 7.15. The Kier molecular flexibility index (Phi) is 6.63. The standard InChI is InChI=1S/C20H15F4N5O2S/c1-3-14(30)28-17-15(16(21)12(8-26-17)11-5-4-6-25-7-11)10(2)18(31)29-19-27-9-13(32-19)20(22,23)24/h3-10H,1H2,2H3,(H,26,28,30)(H,27,29,31). The first-order valence-electron chi connectivity index (χ1n) is 8.98. The normalized spacial score (nSPS) is 12.2. The number of hydrogen-bond acceptors (Lipinski definition) is 6. The van der Waals surface area contributed by atoms with Gasteiger partial charge in [0.25, 0.3) is 0 Å². The Morgan fingerprint density at radius 3 is 2.53 bits per heavy atom. The Labute approximate surface area is 183 Å². The second-order valence-electron chi connectivity index (χ2n) is 6.42. The van der Waals surface area contributed by atoms with Gasteiger partial charge in [-0.2, -0.15) is 13.2 Å². The largest absolute Gasteiger partial charge is 0.427 e. The highest BCUT2D eigenvalue weighted by atomic mass is 32.1.